The third-order valence-electron chi connectivity index (χ3n) is 3.45. The molecule has 2 aromatic rings. The Bertz CT molecular complexity index is 603. The van der Waals surface area contributed by atoms with Crippen molar-refractivity contribution in [1.82, 2.24) is 20.1 Å². The second kappa shape index (κ2) is 6.37. The molecule has 6 heteroatoms. The average molecular weight is 357 g/mol. The second-order valence-corrected chi connectivity index (χ2v) is 6.92. The molecule has 2 aromatic heterocycles. The van der Waals surface area contributed by atoms with E-state index in [2.05, 4.69) is 56.8 Å². The summed E-state index contributed by atoms with van der Waals surface area (Å²) in [6.07, 6.45) is 0.911. The Morgan fingerprint density at radius 1 is 1.30 bits per heavy atom. The first kappa shape index (κ1) is 15.7. The molecule has 0 aromatic carbocycles. The predicted molar refractivity (Wildman–Crippen MR) is 87.4 cm³/mol. The summed E-state index contributed by atoms with van der Waals surface area (Å²) in [5.74, 6) is 0. The van der Waals surface area contributed by atoms with Crippen LogP contribution in [0.1, 0.15) is 39.9 Å². The molecule has 2 rings (SSSR count). The van der Waals surface area contributed by atoms with Crippen LogP contribution in [0.25, 0.3) is 0 Å². The van der Waals surface area contributed by atoms with Gasteiger partial charge in [-0.3, -0.25) is 4.68 Å². The van der Waals surface area contributed by atoms with Crippen LogP contribution >= 0.6 is 27.3 Å². The van der Waals surface area contributed by atoms with Crippen molar-refractivity contribution in [2.75, 3.05) is 7.05 Å². The van der Waals surface area contributed by atoms with Gasteiger partial charge in [0.1, 0.15) is 0 Å². The Kier molecular flexibility index (Phi) is 4.99. The van der Waals surface area contributed by atoms with Crippen molar-refractivity contribution in [1.29, 1.82) is 0 Å². The van der Waals surface area contributed by atoms with E-state index in [1.165, 1.54) is 10.6 Å². The standard InChI is InChI=1S/C14H21BrN4S/c1-6-19-12(13(15)8(2)18-19)7-11(16-5)14-9(3)17-10(4)20-14/h11,16H,6-7H2,1-5H3. The number of aromatic nitrogens is 3. The minimum absolute atomic E-state index is 0.277. The lowest BCUT2D eigenvalue weighted by molar-refractivity contribution is 0.543. The van der Waals surface area contributed by atoms with Crippen molar-refractivity contribution in [3.8, 4) is 0 Å². The fourth-order valence-corrected chi connectivity index (χ4v) is 3.94. The van der Waals surface area contributed by atoms with Crippen molar-refractivity contribution in [2.24, 2.45) is 0 Å². The highest BCUT2D eigenvalue weighted by Gasteiger charge is 2.21. The fraction of sp³-hybridized carbons (Fsp3) is 0.571. The van der Waals surface area contributed by atoms with Gasteiger partial charge in [-0.1, -0.05) is 0 Å². The Balaban J connectivity index is 2.34. The van der Waals surface area contributed by atoms with Crippen molar-refractivity contribution in [3.05, 3.63) is 31.4 Å². The van der Waals surface area contributed by atoms with Gasteiger partial charge in [0.25, 0.3) is 0 Å². The summed E-state index contributed by atoms with van der Waals surface area (Å²) in [6, 6.07) is 0.277. The van der Waals surface area contributed by atoms with E-state index in [4.69, 9.17) is 0 Å². The SMILES string of the molecule is CCn1nc(C)c(Br)c1CC(NC)c1sc(C)nc1C. The maximum absolute atomic E-state index is 4.57. The number of hydrogen-bond acceptors (Lipinski definition) is 4. The van der Waals surface area contributed by atoms with Crippen molar-refractivity contribution in [2.45, 2.75) is 46.7 Å². The highest BCUT2D eigenvalue weighted by molar-refractivity contribution is 9.10. The smallest absolute Gasteiger partial charge is 0.0900 e. The van der Waals surface area contributed by atoms with E-state index < -0.39 is 0 Å². The first-order valence-corrected chi connectivity index (χ1v) is 8.41. The summed E-state index contributed by atoms with van der Waals surface area (Å²) in [6.45, 7) is 9.19. The minimum Gasteiger partial charge on any atom is -0.312 e. The number of nitrogens with one attached hydrogen (secondary N) is 1. The molecule has 1 atom stereocenters. The second-order valence-electron chi connectivity index (χ2n) is 4.89. The van der Waals surface area contributed by atoms with Gasteiger partial charge in [-0.2, -0.15) is 5.10 Å². The molecule has 0 aliphatic carbocycles. The van der Waals surface area contributed by atoms with Gasteiger partial charge in [0.15, 0.2) is 0 Å². The quantitative estimate of drug-likeness (QED) is 0.890. The number of halogens is 1. The largest absolute Gasteiger partial charge is 0.312 e. The molecule has 0 fully saturated rings. The van der Waals surface area contributed by atoms with Gasteiger partial charge >= 0.3 is 0 Å². The van der Waals surface area contributed by atoms with E-state index in [1.807, 2.05) is 14.0 Å². The Morgan fingerprint density at radius 2 is 2.00 bits per heavy atom. The lowest BCUT2D eigenvalue weighted by Gasteiger charge is -2.16. The van der Waals surface area contributed by atoms with E-state index in [-0.39, 0.29) is 6.04 Å². The number of hydrogen-bond donors (Lipinski definition) is 1. The van der Waals surface area contributed by atoms with E-state index in [9.17, 15) is 0 Å². The van der Waals surface area contributed by atoms with Gasteiger partial charge in [-0.15, -0.1) is 11.3 Å². The number of rotatable bonds is 5. The maximum Gasteiger partial charge on any atom is 0.0900 e. The lowest BCUT2D eigenvalue weighted by atomic mass is 10.1. The molecule has 0 saturated carbocycles. The van der Waals surface area contributed by atoms with Crippen LogP contribution in [0.3, 0.4) is 0 Å². The van der Waals surface area contributed by atoms with Gasteiger partial charge in [-0.05, 0) is 50.7 Å². The predicted octanol–water partition coefficient (Wildman–Crippen LogP) is 3.55. The zero-order valence-electron chi connectivity index (χ0n) is 12.6. The molecule has 0 spiro atoms. The summed E-state index contributed by atoms with van der Waals surface area (Å²) in [5.41, 5.74) is 3.42. The molecule has 0 amide bonds. The van der Waals surface area contributed by atoms with E-state index >= 15 is 0 Å². The first-order valence-electron chi connectivity index (χ1n) is 6.80. The average Bonchev–Trinajstić information content (AvgIpc) is 2.88. The third kappa shape index (κ3) is 2.97. The summed E-state index contributed by atoms with van der Waals surface area (Å²) in [7, 11) is 2.01. The van der Waals surface area contributed by atoms with Crippen LogP contribution < -0.4 is 5.32 Å². The topological polar surface area (TPSA) is 42.7 Å². The summed E-state index contributed by atoms with van der Waals surface area (Å²) >= 11 is 5.45. The van der Waals surface area contributed by atoms with E-state index in [0.29, 0.717) is 0 Å². The van der Waals surface area contributed by atoms with Crippen molar-refractivity contribution < 1.29 is 0 Å². The van der Waals surface area contributed by atoms with Crippen LogP contribution in [0.5, 0.6) is 0 Å². The Hall–Kier alpha value is -0.720. The van der Waals surface area contributed by atoms with Gasteiger partial charge in [0, 0.05) is 23.9 Å². The monoisotopic (exact) mass is 356 g/mol. The zero-order chi connectivity index (χ0) is 14.9. The minimum atomic E-state index is 0.277. The molecule has 0 bridgehead atoms. The summed E-state index contributed by atoms with van der Waals surface area (Å²) in [5, 5.41) is 9.11. The molecule has 110 valence electrons. The van der Waals surface area contributed by atoms with Gasteiger partial charge in [0.05, 0.1) is 26.6 Å². The highest BCUT2D eigenvalue weighted by Crippen LogP contribution is 2.30. The molecule has 0 radical (unpaired) electrons. The Morgan fingerprint density at radius 3 is 2.50 bits per heavy atom. The molecule has 0 aliphatic rings. The molecule has 1 N–H and O–H groups in total. The van der Waals surface area contributed by atoms with Gasteiger partial charge < -0.3 is 5.32 Å². The fourth-order valence-electron chi connectivity index (χ4n) is 2.45. The molecule has 0 aliphatic heterocycles. The van der Waals surface area contributed by atoms with Gasteiger partial charge in [0.2, 0.25) is 0 Å². The highest BCUT2D eigenvalue weighted by atomic mass is 79.9. The number of nitrogens with zero attached hydrogens (tertiary/aromatic N) is 3. The van der Waals surface area contributed by atoms with Crippen LogP contribution in [-0.4, -0.2) is 21.8 Å². The van der Waals surface area contributed by atoms with Crippen LogP contribution in [0.2, 0.25) is 0 Å². The summed E-state index contributed by atoms with van der Waals surface area (Å²) < 4.78 is 3.20. The molecular weight excluding hydrogens is 336 g/mol. The van der Waals surface area contributed by atoms with Crippen molar-refractivity contribution in [3.63, 3.8) is 0 Å². The number of aryl methyl sites for hydroxylation is 4. The van der Waals surface area contributed by atoms with E-state index in [0.717, 1.165) is 33.8 Å². The van der Waals surface area contributed by atoms with Gasteiger partial charge in [-0.25, -0.2) is 4.98 Å². The normalized spacial score (nSPS) is 12.9. The first-order chi connectivity index (χ1) is 9.47. The maximum atomic E-state index is 4.57. The van der Waals surface area contributed by atoms with Crippen LogP contribution in [0.4, 0.5) is 0 Å². The van der Waals surface area contributed by atoms with Crippen LogP contribution in [0, 0.1) is 20.8 Å². The third-order valence-corrected chi connectivity index (χ3v) is 5.67. The summed E-state index contributed by atoms with van der Waals surface area (Å²) in [4.78, 5) is 5.85. The molecule has 0 saturated heterocycles. The van der Waals surface area contributed by atoms with Crippen LogP contribution in [-0.2, 0) is 13.0 Å². The zero-order valence-corrected chi connectivity index (χ0v) is 15.0. The molecule has 4 nitrogen and oxygen atoms in total. The molecular formula is C14H21BrN4S. The lowest BCUT2D eigenvalue weighted by Crippen LogP contribution is -2.20. The molecule has 1 unspecified atom stereocenters. The van der Waals surface area contributed by atoms with Crippen LogP contribution in [0.15, 0.2) is 4.47 Å². The van der Waals surface area contributed by atoms with Crippen molar-refractivity contribution >= 4 is 27.3 Å². The molecule has 20 heavy (non-hydrogen) atoms. The number of likely N-dealkylation sites (N-methyl/N-ethyl adjacent to an activating group) is 1. The Labute approximate surface area is 132 Å². The number of thiazole rings is 1. The molecule has 2 heterocycles. The van der Waals surface area contributed by atoms with E-state index in [1.54, 1.807) is 11.3 Å².